The Bertz CT molecular complexity index is 535. The Kier molecular flexibility index (Phi) is 2.89. The number of aryl methyl sites for hydroxylation is 1. The van der Waals surface area contributed by atoms with E-state index >= 15 is 0 Å². The summed E-state index contributed by atoms with van der Waals surface area (Å²) in [4.78, 5) is 9.01. The number of H-pyrrole nitrogens is 1. The lowest BCUT2D eigenvalue weighted by molar-refractivity contribution is 0.709. The summed E-state index contributed by atoms with van der Waals surface area (Å²) in [6, 6.07) is 0. The van der Waals surface area contributed by atoms with Crippen LogP contribution in [-0.4, -0.2) is 25.4 Å². The fourth-order valence-corrected chi connectivity index (χ4v) is 2.31. The molecule has 1 aliphatic carbocycles. The molecule has 94 valence electrons. The van der Waals surface area contributed by atoms with Gasteiger partial charge in [0.15, 0.2) is 5.82 Å². The molecule has 3 rings (SSSR count). The highest BCUT2D eigenvalue weighted by molar-refractivity contribution is 5.55. The fourth-order valence-electron chi connectivity index (χ4n) is 2.31. The van der Waals surface area contributed by atoms with Gasteiger partial charge in [0.1, 0.15) is 11.5 Å². The first kappa shape index (κ1) is 11.1. The molecule has 0 aliphatic heterocycles. The number of nitrogens with two attached hydrogens (primary N) is 1. The standard InChI is InChI=1S/C11H15N7/c12-16-10-7-4-2-1-3-5-8(7)14-11(15-10)9-6-13-18-17-9/h6H,1-5,12H2,(H,13,17,18)(H,14,15,16). The van der Waals surface area contributed by atoms with Gasteiger partial charge >= 0.3 is 0 Å². The van der Waals surface area contributed by atoms with Crippen molar-refractivity contribution >= 4 is 5.82 Å². The second-order valence-corrected chi connectivity index (χ2v) is 4.38. The van der Waals surface area contributed by atoms with Gasteiger partial charge in [-0.15, -0.1) is 0 Å². The van der Waals surface area contributed by atoms with Gasteiger partial charge < -0.3 is 5.43 Å². The van der Waals surface area contributed by atoms with Crippen molar-refractivity contribution < 1.29 is 0 Å². The van der Waals surface area contributed by atoms with Crippen LogP contribution in [0, 0.1) is 0 Å². The average Bonchev–Trinajstić information content (AvgIpc) is 2.83. The van der Waals surface area contributed by atoms with Gasteiger partial charge in [-0.3, -0.25) is 0 Å². The van der Waals surface area contributed by atoms with Gasteiger partial charge in [-0.1, -0.05) is 6.42 Å². The first-order valence-corrected chi connectivity index (χ1v) is 6.11. The number of aromatic amines is 1. The highest BCUT2D eigenvalue weighted by Gasteiger charge is 2.17. The minimum Gasteiger partial charge on any atom is -0.308 e. The van der Waals surface area contributed by atoms with Crippen molar-refractivity contribution in [3.05, 3.63) is 17.5 Å². The second-order valence-electron chi connectivity index (χ2n) is 4.38. The van der Waals surface area contributed by atoms with Crippen LogP contribution >= 0.6 is 0 Å². The van der Waals surface area contributed by atoms with Crippen LogP contribution in [0.3, 0.4) is 0 Å². The minimum absolute atomic E-state index is 0.567. The number of rotatable bonds is 2. The van der Waals surface area contributed by atoms with Crippen molar-refractivity contribution in [3.63, 3.8) is 0 Å². The Morgan fingerprint density at radius 1 is 1.17 bits per heavy atom. The lowest BCUT2D eigenvalue weighted by atomic mass is 10.1. The van der Waals surface area contributed by atoms with E-state index in [1.165, 1.54) is 6.42 Å². The molecule has 0 unspecified atom stereocenters. The predicted molar refractivity (Wildman–Crippen MR) is 66.5 cm³/mol. The van der Waals surface area contributed by atoms with E-state index in [1.54, 1.807) is 6.20 Å². The highest BCUT2D eigenvalue weighted by atomic mass is 15.3. The molecule has 0 aromatic carbocycles. The van der Waals surface area contributed by atoms with E-state index in [1.807, 2.05) is 0 Å². The first-order valence-electron chi connectivity index (χ1n) is 6.11. The van der Waals surface area contributed by atoms with Crippen molar-refractivity contribution in [2.24, 2.45) is 5.84 Å². The average molecular weight is 245 g/mol. The molecule has 0 bridgehead atoms. The Labute approximate surface area is 104 Å². The number of hydrogen-bond acceptors (Lipinski definition) is 6. The molecule has 7 nitrogen and oxygen atoms in total. The van der Waals surface area contributed by atoms with Crippen LogP contribution in [0.25, 0.3) is 11.5 Å². The molecule has 2 aromatic heterocycles. The molecule has 1 aliphatic rings. The molecule has 0 radical (unpaired) electrons. The molecule has 0 spiro atoms. The van der Waals surface area contributed by atoms with E-state index < -0.39 is 0 Å². The van der Waals surface area contributed by atoms with Crippen LogP contribution in [0.2, 0.25) is 0 Å². The summed E-state index contributed by atoms with van der Waals surface area (Å²) < 4.78 is 0. The van der Waals surface area contributed by atoms with Crippen molar-refractivity contribution in [2.75, 3.05) is 5.43 Å². The van der Waals surface area contributed by atoms with Crippen molar-refractivity contribution in [2.45, 2.75) is 32.1 Å². The maximum atomic E-state index is 5.56. The number of aromatic nitrogens is 5. The molecule has 0 amide bonds. The Morgan fingerprint density at radius 3 is 2.83 bits per heavy atom. The van der Waals surface area contributed by atoms with E-state index in [-0.39, 0.29) is 0 Å². The summed E-state index contributed by atoms with van der Waals surface area (Å²) in [7, 11) is 0. The van der Waals surface area contributed by atoms with Gasteiger partial charge in [0.25, 0.3) is 0 Å². The monoisotopic (exact) mass is 245 g/mol. The number of anilines is 1. The number of nitrogens with zero attached hydrogens (tertiary/aromatic N) is 4. The Morgan fingerprint density at radius 2 is 2.06 bits per heavy atom. The van der Waals surface area contributed by atoms with Gasteiger partial charge in [-0.2, -0.15) is 15.4 Å². The third-order valence-electron chi connectivity index (χ3n) is 3.21. The van der Waals surface area contributed by atoms with Crippen LogP contribution < -0.4 is 11.3 Å². The SMILES string of the molecule is NNc1nc(-c2cn[nH]n2)nc2c1CCCCC2. The third kappa shape index (κ3) is 1.92. The summed E-state index contributed by atoms with van der Waals surface area (Å²) in [6.07, 6.45) is 7.10. The topological polar surface area (TPSA) is 105 Å². The molecular weight excluding hydrogens is 230 g/mol. The van der Waals surface area contributed by atoms with Gasteiger partial charge in [-0.25, -0.2) is 15.8 Å². The zero-order valence-corrected chi connectivity index (χ0v) is 9.98. The van der Waals surface area contributed by atoms with Gasteiger partial charge in [-0.05, 0) is 25.7 Å². The zero-order valence-electron chi connectivity index (χ0n) is 9.98. The molecule has 0 saturated heterocycles. The molecule has 7 heteroatoms. The van der Waals surface area contributed by atoms with E-state index in [0.29, 0.717) is 17.3 Å². The minimum atomic E-state index is 0.567. The maximum absolute atomic E-state index is 5.56. The van der Waals surface area contributed by atoms with Crippen LogP contribution in [0.15, 0.2) is 6.20 Å². The van der Waals surface area contributed by atoms with Crippen molar-refractivity contribution in [1.82, 2.24) is 25.4 Å². The molecule has 2 heterocycles. The highest BCUT2D eigenvalue weighted by Crippen LogP contribution is 2.26. The molecule has 0 atom stereocenters. The van der Waals surface area contributed by atoms with E-state index in [4.69, 9.17) is 5.84 Å². The molecular formula is C11H15N7. The van der Waals surface area contributed by atoms with E-state index in [9.17, 15) is 0 Å². The molecule has 18 heavy (non-hydrogen) atoms. The van der Waals surface area contributed by atoms with Crippen LogP contribution in [0.5, 0.6) is 0 Å². The van der Waals surface area contributed by atoms with Gasteiger partial charge in [0, 0.05) is 11.3 Å². The summed E-state index contributed by atoms with van der Waals surface area (Å²) in [5.41, 5.74) is 5.53. The fraction of sp³-hybridized carbons (Fsp3) is 0.455. The van der Waals surface area contributed by atoms with E-state index in [0.717, 1.165) is 36.9 Å². The summed E-state index contributed by atoms with van der Waals surface area (Å²) >= 11 is 0. The number of hydrogen-bond donors (Lipinski definition) is 3. The van der Waals surface area contributed by atoms with Gasteiger partial charge in [0.05, 0.1) is 6.20 Å². The summed E-state index contributed by atoms with van der Waals surface area (Å²) in [5, 5.41) is 10.3. The number of nitrogen functional groups attached to an aromatic ring is 1. The number of fused-ring (bicyclic) bond motifs is 1. The molecule has 0 fully saturated rings. The summed E-state index contributed by atoms with van der Waals surface area (Å²) in [5.74, 6) is 6.84. The largest absolute Gasteiger partial charge is 0.308 e. The third-order valence-corrected chi connectivity index (χ3v) is 3.21. The quantitative estimate of drug-likeness (QED) is 0.411. The molecule has 4 N–H and O–H groups in total. The first-order chi connectivity index (χ1) is 8.88. The Balaban J connectivity index is 2.10. The normalized spacial score (nSPS) is 14.9. The van der Waals surface area contributed by atoms with Crippen LogP contribution in [0.4, 0.5) is 5.82 Å². The second kappa shape index (κ2) is 4.69. The maximum Gasteiger partial charge on any atom is 0.184 e. The molecule has 0 saturated carbocycles. The van der Waals surface area contributed by atoms with E-state index in [2.05, 4.69) is 30.8 Å². The smallest absolute Gasteiger partial charge is 0.184 e. The van der Waals surface area contributed by atoms with Crippen LogP contribution in [0.1, 0.15) is 30.5 Å². The predicted octanol–water partition coefficient (Wildman–Crippen LogP) is 0.816. The number of hydrazine groups is 1. The van der Waals surface area contributed by atoms with Crippen molar-refractivity contribution in [3.8, 4) is 11.5 Å². The zero-order chi connectivity index (χ0) is 12.4. The Hall–Kier alpha value is -2.02. The lowest BCUT2D eigenvalue weighted by Crippen LogP contribution is -2.14. The van der Waals surface area contributed by atoms with Gasteiger partial charge in [0.2, 0.25) is 0 Å². The number of nitrogens with one attached hydrogen (secondary N) is 2. The van der Waals surface area contributed by atoms with Crippen molar-refractivity contribution in [1.29, 1.82) is 0 Å². The van der Waals surface area contributed by atoms with Crippen LogP contribution in [-0.2, 0) is 12.8 Å². The lowest BCUT2D eigenvalue weighted by Gasteiger charge is -2.11. The summed E-state index contributed by atoms with van der Waals surface area (Å²) in [6.45, 7) is 0. The molecule has 2 aromatic rings.